The second kappa shape index (κ2) is 5.99. The fraction of sp³-hybridized carbons (Fsp3) is 0.438. The maximum absolute atomic E-state index is 4.38. The maximum Gasteiger partial charge on any atom is 0.147 e. The van der Waals surface area contributed by atoms with Gasteiger partial charge in [-0.2, -0.15) is 0 Å². The highest BCUT2D eigenvalue weighted by Gasteiger charge is 2.20. The molecule has 0 unspecified atom stereocenters. The van der Waals surface area contributed by atoms with E-state index in [1.807, 2.05) is 12.4 Å². The van der Waals surface area contributed by atoms with E-state index >= 15 is 0 Å². The average molecular weight is 268 g/mol. The normalized spacial score (nSPS) is 16.4. The van der Waals surface area contributed by atoms with E-state index in [4.69, 9.17) is 0 Å². The molecule has 104 valence electrons. The molecule has 0 aromatic carbocycles. The third-order valence-electron chi connectivity index (χ3n) is 3.97. The SMILES string of the molecule is Cc1cc(CC2CCN(c3cnccn3)CC2)ccn1. The summed E-state index contributed by atoms with van der Waals surface area (Å²) in [5.74, 6) is 1.77. The highest BCUT2D eigenvalue weighted by atomic mass is 15.2. The summed E-state index contributed by atoms with van der Waals surface area (Å²) in [7, 11) is 0. The van der Waals surface area contributed by atoms with Gasteiger partial charge < -0.3 is 4.90 Å². The van der Waals surface area contributed by atoms with E-state index in [2.05, 4.69) is 38.9 Å². The third kappa shape index (κ3) is 3.13. The number of anilines is 1. The molecule has 1 fully saturated rings. The van der Waals surface area contributed by atoms with Gasteiger partial charge in [-0.3, -0.25) is 9.97 Å². The minimum Gasteiger partial charge on any atom is -0.355 e. The van der Waals surface area contributed by atoms with E-state index in [-0.39, 0.29) is 0 Å². The van der Waals surface area contributed by atoms with Crippen LogP contribution in [0.25, 0.3) is 0 Å². The van der Waals surface area contributed by atoms with E-state index in [9.17, 15) is 0 Å². The molecule has 0 atom stereocenters. The molecule has 3 heterocycles. The number of piperidine rings is 1. The highest BCUT2D eigenvalue weighted by Crippen LogP contribution is 2.24. The lowest BCUT2D eigenvalue weighted by Gasteiger charge is -2.32. The fourth-order valence-corrected chi connectivity index (χ4v) is 2.89. The maximum atomic E-state index is 4.38. The summed E-state index contributed by atoms with van der Waals surface area (Å²) < 4.78 is 0. The van der Waals surface area contributed by atoms with Gasteiger partial charge in [0.2, 0.25) is 0 Å². The predicted molar refractivity (Wildman–Crippen MR) is 79.6 cm³/mol. The van der Waals surface area contributed by atoms with Crippen molar-refractivity contribution in [3.8, 4) is 0 Å². The van der Waals surface area contributed by atoms with E-state index in [0.29, 0.717) is 0 Å². The van der Waals surface area contributed by atoms with Crippen molar-refractivity contribution in [3.05, 3.63) is 48.2 Å². The Morgan fingerprint density at radius 3 is 2.70 bits per heavy atom. The Balaban J connectivity index is 1.56. The highest BCUT2D eigenvalue weighted by molar-refractivity contribution is 5.35. The molecule has 0 aliphatic carbocycles. The Labute approximate surface area is 119 Å². The van der Waals surface area contributed by atoms with Gasteiger partial charge in [0.05, 0.1) is 6.20 Å². The molecule has 20 heavy (non-hydrogen) atoms. The summed E-state index contributed by atoms with van der Waals surface area (Å²) in [6.07, 6.45) is 10.9. The van der Waals surface area contributed by atoms with Crippen molar-refractivity contribution in [2.45, 2.75) is 26.2 Å². The van der Waals surface area contributed by atoms with E-state index in [1.54, 1.807) is 12.4 Å². The molecule has 0 spiro atoms. The van der Waals surface area contributed by atoms with Gasteiger partial charge in [-0.25, -0.2) is 4.98 Å². The first-order valence-corrected chi connectivity index (χ1v) is 7.24. The summed E-state index contributed by atoms with van der Waals surface area (Å²) >= 11 is 0. The average Bonchev–Trinajstić information content (AvgIpc) is 2.49. The van der Waals surface area contributed by atoms with Crippen molar-refractivity contribution in [2.75, 3.05) is 18.0 Å². The number of hydrogen-bond donors (Lipinski definition) is 0. The Morgan fingerprint density at radius 2 is 2.00 bits per heavy atom. The molecule has 1 saturated heterocycles. The largest absolute Gasteiger partial charge is 0.355 e. The first kappa shape index (κ1) is 13.0. The molecular weight excluding hydrogens is 248 g/mol. The molecule has 0 radical (unpaired) electrons. The van der Waals surface area contributed by atoms with Gasteiger partial charge in [0.15, 0.2) is 0 Å². The lowest BCUT2D eigenvalue weighted by Crippen LogP contribution is -2.34. The first-order chi connectivity index (χ1) is 9.81. The summed E-state index contributed by atoms with van der Waals surface area (Å²) in [6.45, 7) is 4.21. The van der Waals surface area contributed by atoms with Crippen LogP contribution in [0.15, 0.2) is 36.9 Å². The van der Waals surface area contributed by atoms with Crippen LogP contribution in [0.2, 0.25) is 0 Å². The molecule has 0 amide bonds. The molecule has 0 bridgehead atoms. The third-order valence-corrected chi connectivity index (χ3v) is 3.97. The van der Waals surface area contributed by atoms with Crippen LogP contribution in [0.1, 0.15) is 24.1 Å². The van der Waals surface area contributed by atoms with Crippen LogP contribution >= 0.6 is 0 Å². The number of rotatable bonds is 3. The van der Waals surface area contributed by atoms with Crippen molar-refractivity contribution < 1.29 is 0 Å². The minimum absolute atomic E-state index is 0.768. The Bertz CT molecular complexity index is 547. The van der Waals surface area contributed by atoms with Crippen LogP contribution in [-0.4, -0.2) is 28.0 Å². The van der Waals surface area contributed by atoms with Gasteiger partial charge in [0, 0.05) is 37.4 Å². The van der Waals surface area contributed by atoms with Crippen LogP contribution in [0, 0.1) is 12.8 Å². The van der Waals surface area contributed by atoms with E-state index in [1.165, 1.54) is 18.4 Å². The summed E-state index contributed by atoms with van der Waals surface area (Å²) in [5.41, 5.74) is 2.52. The van der Waals surface area contributed by atoms with Crippen molar-refractivity contribution >= 4 is 5.82 Å². The van der Waals surface area contributed by atoms with E-state index in [0.717, 1.165) is 36.9 Å². The van der Waals surface area contributed by atoms with E-state index < -0.39 is 0 Å². The van der Waals surface area contributed by atoms with Gasteiger partial charge in [0.25, 0.3) is 0 Å². The fourth-order valence-electron chi connectivity index (χ4n) is 2.89. The van der Waals surface area contributed by atoms with Gasteiger partial charge in [-0.1, -0.05) is 0 Å². The molecular formula is C16H20N4. The molecule has 0 saturated carbocycles. The lowest BCUT2D eigenvalue weighted by molar-refractivity contribution is 0.402. The Hall–Kier alpha value is -1.97. The van der Waals surface area contributed by atoms with Gasteiger partial charge in [0.1, 0.15) is 5.82 Å². The lowest BCUT2D eigenvalue weighted by atomic mass is 9.90. The monoisotopic (exact) mass is 268 g/mol. The van der Waals surface area contributed by atoms with Crippen molar-refractivity contribution in [1.82, 2.24) is 15.0 Å². The number of nitrogens with zero attached hydrogens (tertiary/aromatic N) is 4. The number of aryl methyl sites for hydroxylation is 1. The zero-order valence-electron chi connectivity index (χ0n) is 11.9. The van der Waals surface area contributed by atoms with Gasteiger partial charge in [-0.15, -0.1) is 0 Å². The topological polar surface area (TPSA) is 41.9 Å². The summed E-state index contributed by atoms with van der Waals surface area (Å²) in [5, 5.41) is 0. The second-order valence-electron chi connectivity index (χ2n) is 5.50. The van der Waals surface area contributed by atoms with Gasteiger partial charge >= 0.3 is 0 Å². The molecule has 4 nitrogen and oxygen atoms in total. The molecule has 1 aliphatic rings. The summed E-state index contributed by atoms with van der Waals surface area (Å²) in [6, 6.07) is 4.34. The molecule has 2 aromatic rings. The van der Waals surface area contributed by atoms with Crippen molar-refractivity contribution in [2.24, 2.45) is 5.92 Å². The Kier molecular flexibility index (Phi) is 3.90. The molecule has 0 N–H and O–H groups in total. The quantitative estimate of drug-likeness (QED) is 0.858. The second-order valence-corrected chi connectivity index (χ2v) is 5.50. The predicted octanol–water partition coefficient (Wildman–Crippen LogP) is 2.64. The standard InChI is InChI=1S/C16H20N4/c1-13-10-15(2-5-18-13)11-14-3-8-20(9-4-14)16-12-17-6-7-19-16/h2,5-7,10,12,14H,3-4,8-9,11H2,1H3. The zero-order chi connectivity index (χ0) is 13.8. The molecule has 2 aromatic heterocycles. The molecule has 3 rings (SSSR count). The molecule has 4 heteroatoms. The van der Waals surface area contributed by atoms with Crippen molar-refractivity contribution in [3.63, 3.8) is 0 Å². The van der Waals surface area contributed by atoms with Crippen LogP contribution in [0.5, 0.6) is 0 Å². The van der Waals surface area contributed by atoms with Crippen LogP contribution < -0.4 is 4.90 Å². The summed E-state index contributed by atoms with van der Waals surface area (Å²) in [4.78, 5) is 15.1. The van der Waals surface area contributed by atoms with Gasteiger partial charge in [-0.05, 0) is 49.8 Å². The Morgan fingerprint density at radius 1 is 1.15 bits per heavy atom. The van der Waals surface area contributed by atoms with Crippen molar-refractivity contribution in [1.29, 1.82) is 0 Å². The molecule has 1 aliphatic heterocycles. The first-order valence-electron chi connectivity index (χ1n) is 7.24. The zero-order valence-corrected chi connectivity index (χ0v) is 11.9. The number of hydrogen-bond acceptors (Lipinski definition) is 4. The van der Waals surface area contributed by atoms with Crippen LogP contribution in [0.4, 0.5) is 5.82 Å². The number of aromatic nitrogens is 3. The smallest absolute Gasteiger partial charge is 0.147 e. The number of pyridine rings is 1. The minimum atomic E-state index is 0.768. The van der Waals surface area contributed by atoms with Crippen LogP contribution in [-0.2, 0) is 6.42 Å². The van der Waals surface area contributed by atoms with Crippen LogP contribution in [0.3, 0.4) is 0 Å².